The molecule has 0 unspecified atom stereocenters. The standard InChI is InChI=1S/C18H16N4O5/c19-16(23)7-8-20-17(24)11-4-1-2-5-12(11)21-18(25)13-10-15(27-22-13)14-6-3-9-26-14/h1-6,9-10H,7-8H2,(H2,19,23)(H,20,24)(H,21,25). The maximum absolute atomic E-state index is 12.4. The lowest BCUT2D eigenvalue weighted by Gasteiger charge is -2.10. The third-order valence-electron chi connectivity index (χ3n) is 3.58. The molecule has 0 aliphatic heterocycles. The molecule has 138 valence electrons. The quantitative estimate of drug-likeness (QED) is 0.581. The Morgan fingerprint density at radius 1 is 1.04 bits per heavy atom. The van der Waals surface area contributed by atoms with Crippen LogP contribution in [0.25, 0.3) is 11.5 Å². The average Bonchev–Trinajstić information content (AvgIpc) is 3.33. The number of furan rings is 1. The van der Waals surface area contributed by atoms with Crippen LogP contribution in [0.2, 0.25) is 0 Å². The number of anilines is 1. The van der Waals surface area contributed by atoms with E-state index in [1.165, 1.54) is 12.3 Å². The molecular formula is C18H16N4O5. The summed E-state index contributed by atoms with van der Waals surface area (Å²) in [7, 11) is 0. The highest BCUT2D eigenvalue weighted by atomic mass is 16.5. The van der Waals surface area contributed by atoms with Crippen molar-refractivity contribution in [2.24, 2.45) is 5.73 Å². The minimum absolute atomic E-state index is 0.0226. The Balaban J connectivity index is 1.71. The van der Waals surface area contributed by atoms with Crippen molar-refractivity contribution in [3.05, 3.63) is 60.0 Å². The molecule has 3 aromatic rings. The first-order valence-corrected chi connectivity index (χ1v) is 8.02. The number of amides is 3. The van der Waals surface area contributed by atoms with E-state index in [0.29, 0.717) is 17.2 Å². The number of nitrogens with two attached hydrogens (primary N) is 1. The van der Waals surface area contributed by atoms with E-state index in [9.17, 15) is 14.4 Å². The van der Waals surface area contributed by atoms with Gasteiger partial charge in [0.05, 0.1) is 17.5 Å². The van der Waals surface area contributed by atoms with Crippen molar-refractivity contribution in [1.82, 2.24) is 10.5 Å². The van der Waals surface area contributed by atoms with Crippen molar-refractivity contribution in [1.29, 1.82) is 0 Å². The molecule has 1 aromatic carbocycles. The van der Waals surface area contributed by atoms with Gasteiger partial charge in [-0.2, -0.15) is 0 Å². The summed E-state index contributed by atoms with van der Waals surface area (Å²) in [5, 5.41) is 8.90. The topological polar surface area (TPSA) is 140 Å². The molecule has 0 saturated heterocycles. The number of carbonyl (C=O) groups is 3. The van der Waals surface area contributed by atoms with Crippen molar-refractivity contribution < 1.29 is 23.3 Å². The molecule has 0 aliphatic rings. The van der Waals surface area contributed by atoms with Crippen LogP contribution in [0.15, 0.2) is 57.7 Å². The van der Waals surface area contributed by atoms with Crippen molar-refractivity contribution in [2.45, 2.75) is 6.42 Å². The van der Waals surface area contributed by atoms with Gasteiger partial charge in [-0.25, -0.2) is 0 Å². The maximum atomic E-state index is 12.4. The zero-order valence-corrected chi connectivity index (χ0v) is 14.1. The molecule has 0 atom stereocenters. The van der Waals surface area contributed by atoms with E-state index in [4.69, 9.17) is 14.7 Å². The van der Waals surface area contributed by atoms with E-state index in [0.717, 1.165) is 0 Å². The largest absolute Gasteiger partial charge is 0.461 e. The smallest absolute Gasteiger partial charge is 0.277 e. The molecule has 2 aromatic heterocycles. The predicted octanol–water partition coefficient (Wildman–Crippen LogP) is 1.79. The number of rotatable bonds is 7. The van der Waals surface area contributed by atoms with Gasteiger partial charge < -0.3 is 25.3 Å². The second-order valence-corrected chi connectivity index (χ2v) is 5.53. The molecule has 3 amide bonds. The van der Waals surface area contributed by atoms with Gasteiger partial charge in [-0.1, -0.05) is 17.3 Å². The van der Waals surface area contributed by atoms with Crippen molar-refractivity contribution in [3.8, 4) is 11.5 Å². The van der Waals surface area contributed by atoms with Gasteiger partial charge in [0.15, 0.2) is 11.5 Å². The molecule has 2 heterocycles. The summed E-state index contributed by atoms with van der Waals surface area (Å²) in [6, 6.07) is 11.2. The number of primary amides is 1. The van der Waals surface area contributed by atoms with Gasteiger partial charge in [-0.05, 0) is 24.3 Å². The first-order valence-electron chi connectivity index (χ1n) is 8.02. The SMILES string of the molecule is NC(=O)CCNC(=O)c1ccccc1NC(=O)c1cc(-c2ccco2)on1. The fourth-order valence-corrected chi connectivity index (χ4v) is 2.29. The molecule has 4 N–H and O–H groups in total. The monoisotopic (exact) mass is 368 g/mol. The number of para-hydroxylation sites is 1. The van der Waals surface area contributed by atoms with Gasteiger partial charge in [0.2, 0.25) is 11.7 Å². The number of hydrogen-bond acceptors (Lipinski definition) is 6. The molecule has 0 aliphatic carbocycles. The number of aromatic nitrogens is 1. The summed E-state index contributed by atoms with van der Waals surface area (Å²) in [5.41, 5.74) is 5.61. The van der Waals surface area contributed by atoms with Crippen molar-refractivity contribution >= 4 is 23.4 Å². The van der Waals surface area contributed by atoms with Gasteiger partial charge in [-0.15, -0.1) is 0 Å². The molecule has 0 bridgehead atoms. The third-order valence-corrected chi connectivity index (χ3v) is 3.58. The van der Waals surface area contributed by atoms with Gasteiger partial charge in [0.25, 0.3) is 11.8 Å². The minimum atomic E-state index is -0.547. The highest BCUT2D eigenvalue weighted by molar-refractivity contribution is 6.08. The number of hydrogen-bond donors (Lipinski definition) is 3. The Hall–Kier alpha value is -3.88. The molecule has 0 fully saturated rings. The van der Waals surface area contributed by atoms with Crippen LogP contribution < -0.4 is 16.4 Å². The maximum Gasteiger partial charge on any atom is 0.277 e. The Morgan fingerprint density at radius 3 is 2.59 bits per heavy atom. The first kappa shape index (κ1) is 17.9. The fraction of sp³-hybridized carbons (Fsp3) is 0.111. The summed E-state index contributed by atoms with van der Waals surface area (Å²) in [6.07, 6.45) is 1.50. The molecule has 0 saturated carbocycles. The summed E-state index contributed by atoms with van der Waals surface area (Å²) >= 11 is 0. The second-order valence-electron chi connectivity index (χ2n) is 5.53. The van der Waals surface area contributed by atoms with Gasteiger partial charge in [-0.3, -0.25) is 14.4 Å². The molecular weight excluding hydrogens is 352 g/mol. The highest BCUT2D eigenvalue weighted by Gasteiger charge is 2.18. The van der Waals surface area contributed by atoms with E-state index >= 15 is 0 Å². The van der Waals surface area contributed by atoms with Crippen molar-refractivity contribution in [2.75, 3.05) is 11.9 Å². The lowest BCUT2D eigenvalue weighted by atomic mass is 10.1. The van der Waals surface area contributed by atoms with E-state index < -0.39 is 17.7 Å². The second kappa shape index (κ2) is 8.00. The Bertz CT molecular complexity index is 962. The van der Waals surface area contributed by atoms with E-state index in [1.54, 1.807) is 36.4 Å². The van der Waals surface area contributed by atoms with Crippen molar-refractivity contribution in [3.63, 3.8) is 0 Å². The predicted molar refractivity (Wildman–Crippen MR) is 94.7 cm³/mol. The van der Waals surface area contributed by atoms with Crippen LogP contribution in [0.3, 0.4) is 0 Å². The molecule has 9 heteroatoms. The summed E-state index contributed by atoms with van der Waals surface area (Å²) in [5.74, 6) is -0.758. The lowest BCUT2D eigenvalue weighted by Crippen LogP contribution is -2.28. The van der Waals surface area contributed by atoms with E-state index in [1.807, 2.05) is 0 Å². The Labute approximate surface area is 153 Å². The van der Waals surface area contributed by atoms with E-state index in [2.05, 4.69) is 15.8 Å². The normalized spacial score (nSPS) is 10.4. The number of benzene rings is 1. The van der Waals surface area contributed by atoms with Crippen LogP contribution in [0.5, 0.6) is 0 Å². The Morgan fingerprint density at radius 2 is 1.85 bits per heavy atom. The van der Waals surface area contributed by atoms with Crippen LogP contribution in [-0.4, -0.2) is 29.4 Å². The molecule has 3 rings (SSSR count). The summed E-state index contributed by atoms with van der Waals surface area (Å²) in [6.45, 7) is 0.103. The lowest BCUT2D eigenvalue weighted by molar-refractivity contribution is -0.117. The highest BCUT2D eigenvalue weighted by Crippen LogP contribution is 2.22. The molecule has 27 heavy (non-hydrogen) atoms. The summed E-state index contributed by atoms with van der Waals surface area (Å²) in [4.78, 5) is 35.4. The third kappa shape index (κ3) is 4.40. The van der Waals surface area contributed by atoms with Gasteiger partial charge in [0, 0.05) is 19.0 Å². The fourth-order valence-electron chi connectivity index (χ4n) is 2.29. The van der Waals surface area contributed by atoms with Gasteiger partial charge in [0.1, 0.15) is 0 Å². The van der Waals surface area contributed by atoms with Crippen LogP contribution >= 0.6 is 0 Å². The van der Waals surface area contributed by atoms with Crippen LogP contribution in [0, 0.1) is 0 Å². The number of nitrogens with zero attached hydrogens (tertiary/aromatic N) is 1. The summed E-state index contributed by atoms with van der Waals surface area (Å²) < 4.78 is 10.3. The minimum Gasteiger partial charge on any atom is -0.461 e. The molecule has 0 spiro atoms. The number of carbonyl (C=O) groups excluding carboxylic acids is 3. The van der Waals surface area contributed by atoms with Crippen LogP contribution in [-0.2, 0) is 4.79 Å². The van der Waals surface area contributed by atoms with Crippen LogP contribution in [0.1, 0.15) is 27.3 Å². The Kier molecular flexibility index (Phi) is 5.31. The van der Waals surface area contributed by atoms with E-state index in [-0.39, 0.29) is 24.2 Å². The van der Waals surface area contributed by atoms with Crippen LogP contribution in [0.4, 0.5) is 5.69 Å². The zero-order valence-electron chi connectivity index (χ0n) is 14.1. The zero-order chi connectivity index (χ0) is 19.2. The van der Waals surface area contributed by atoms with Gasteiger partial charge >= 0.3 is 0 Å². The molecule has 9 nitrogen and oxygen atoms in total. The average molecular weight is 368 g/mol. The first-order chi connectivity index (χ1) is 13.0. The molecule has 0 radical (unpaired) electrons. The number of nitrogens with one attached hydrogen (secondary N) is 2.